The maximum absolute atomic E-state index is 12.4. The highest BCUT2D eigenvalue weighted by molar-refractivity contribution is 5.79. The van der Waals surface area contributed by atoms with Crippen LogP contribution in [0.15, 0.2) is 0 Å². The van der Waals surface area contributed by atoms with Crippen molar-refractivity contribution in [2.75, 3.05) is 26.2 Å². The summed E-state index contributed by atoms with van der Waals surface area (Å²) < 4.78 is 0. The fraction of sp³-hybridized carbons (Fsp3) is 0.947. The fourth-order valence-electron chi connectivity index (χ4n) is 4.98. The van der Waals surface area contributed by atoms with Crippen LogP contribution in [-0.2, 0) is 4.79 Å². The van der Waals surface area contributed by atoms with Gasteiger partial charge < -0.3 is 10.2 Å². The Balaban J connectivity index is 1.25. The van der Waals surface area contributed by atoms with Crippen LogP contribution in [0.25, 0.3) is 0 Å². The van der Waals surface area contributed by atoms with Crippen molar-refractivity contribution in [3.63, 3.8) is 0 Å². The van der Waals surface area contributed by atoms with Crippen molar-refractivity contribution < 1.29 is 4.79 Å². The standard InChI is InChI=1S/C19H33N3O/c23-19(20-16-7-8-16)15-4-3-11-22(14-15)18-9-12-21(13-10-18)17-5-1-2-6-17/h15-18H,1-14H2,(H,20,23). The summed E-state index contributed by atoms with van der Waals surface area (Å²) in [5.74, 6) is 0.581. The number of piperidine rings is 2. The molecule has 0 aromatic rings. The normalized spacial score (nSPS) is 32.3. The highest BCUT2D eigenvalue weighted by Crippen LogP contribution is 2.29. The third kappa shape index (κ3) is 3.90. The lowest BCUT2D eigenvalue weighted by molar-refractivity contribution is -0.127. The number of hydrogen-bond donors (Lipinski definition) is 1. The lowest BCUT2D eigenvalue weighted by Crippen LogP contribution is -2.52. The van der Waals surface area contributed by atoms with Gasteiger partial charge >= 0.3 is 0 Å². The van der Waals surface area contributed by atoms with E-state index in [1.807, 2.05) is 0 Å². The molecule has 130 valence electrons. The second kappa shape index (κ2) is 7.10. The van der Waals surface area contributed by atoms with Crippen LogP contribution in [0.4, 0.5) is 0 Å². The van der Waals surface area contributed by atoms with Crippen molar-refractivity contribution in [2.45, 2.75) is 82.3 Å². The average molecular weight is 319 g/mol. The summed E-state index contributed by atoms with van der Waals surface area (Å²) in [7, 11) is 0. The molecule has 4 fully saturated rings. The van der Waals surface area contributed by atoms with E-state index in [1.165, 1.54) is 77.4 Å². The zero-order valence-electron chi connectivity index (χ0n) is 14.5. The first-order valence-corrected chi connectivity index (χ1v) is 10.1. The van der Waals surface area contributed by atoms with Crippen LogP contribution in [0.1, 0.15) is 64.2 Å². The number of nitrogens with zero attached hydrogens (tertiary/aromatic N) is 2. The number of amides is 1. The summed E-state index contributed by atoms with van der Waals surface area (Å²) in [6, 6.07) is 2.12. The summed E-state index contributed by atoms with van der Waals surface area (Å²) in [5, 5.41) is 3.22. The van der Waals surface area contributed by atoms with E-state index in [1.54, 1.807) is 0 Å². The highest BCUT2D eigenvalue weighted by Gasteiger charge is 2.34. The maximum atomic E-state index is 12.4. The molecule has 23 heavy (non-hydrogen) atoms. The number of rotatable bonds is 4. The van der Waals surface area contributed by atoms with Crippen LogP contribution in [0, 0.1) is 5.92 Å². The third-order valence-electron chi connectivity index (χ3n) is 6.60. The molecule has 0 radical (unpaired) electrons. The van der Waals surface area contributed by atoms with Gasteiger partial charge in [-0.05, 0) is 71.0 Å². The van der Waals surface area contributed by atoms with Crippen LogP contribution in [0.5, 0.6) is 0 Å². The van der Waals surface area contributed by atoms with E-state index in [0.717, 1.165) is 25.0 Å². The monoisotopic (exact) mass is 319 g/mol. The van der Waals surface area contributed by atoms with Crippen molar-refractivity contribution in [1.82, 2.24) is 15.1 Å². The number of hydrogen-bond acceptors (Lipinski definition) is 3. The highest BCUT2D eigenvalue weighted by atomic mass is 16.2. The minimum Gasteiger partial charge on any atom is -0.353 e. The molecule has 2 saturated carbocycles. The SMILES string of the molecule is O=C(NC1CC1)C1CCCN(C2CCN(C3CCCC3)CC2)C1. The first-order valence-electron chi connectivity index (χ1n) is 10.1. The van der Waals surface area contributed by atoms with Gasteiger partial charge in [-0.1, -0.05) is 12.8 Å². The van der Waals surface area contributed by atoms with E-state index in [0.29, 0.717) is 11.9 Å². The molecule has 0 aromatic heterocycles. The Morgan fingerprint density at radius 1 is 0.739 bits per heavy atom. The summed E-state index contributed by atoms with van der Waals surface area (Å²) in [6.45, 7) is 4.78. The molecule has 2 aliphatic carbocycles. The third-order valence-corrected chi connectivity index (χ3v) is 6.60. The predicted molar refractivity (Wildman–Crippen MR) is 92.3 cm³/mol. The molecule has 0 spiro atoms. The quantitative estimate of drug-likeness (QED) is 0.864. The molecule has 0 aromatic carbocycles. The van der Waals surface area contributed by atoms with Gasteiger partial charge in [-0.25, -0.2) is 0 Å². The zero-order chi connectivity index (χ0) is 15.6. The van der Waals surface area contributed by atoms with E-state index in [4.69, 9.17) is 0 Å². The molecule has 2 saturated heterocycles. The van der Waals surface area contributed by atoms with Gasteiger partial charge in [0, 0.05) is 24.7 Å². The van der Waals surface area contributed by atoms with Crippen LogP contribution in [-0.4, -0.2) is 60.0 Å². The van der Waals surface area contributed by atoms with E-state index >= 15 is 0 Å². The van der Waals surface area contributed by atoms with Gasteiger partial charge in [0.05, 0.1) is 5.92 Å². The molecule has 4 heteroatoms. The Hall–Kier alpha value is -0.610. The van der Waals surface area contributed by atoms with Gasteiger partial charge in [0.1, 0.15) is 0 Å². The lowest BCUT2D eigenvalue weighted by atomic mass is 9.93. The zero-order valence-corrected chi connectivity index (χ0v) is 14.5. The molecule has 4 aliphatic rings. The van der Waals surface area contributed by atoms with Gasteiger partial charge in [0.15, 0.2) is 0 Å². The number of carbonyl (C=O) groups excluding carboxylic acids is 1. The molecule has 0 bridgehead atoms. The summed E-state index contributed by atoms with van der Waals surface area (Å²) >= 11 is 0. The van der Waals surface area contributed by atoms with E-state index < -0.39 is 0 Å². The smallest absolute Gasteiger partial charge is 0.224 e. The lowest BCUT2D eigenvalue weighted by Gasteiger charge is -2.43. The molecule has 1 amide bonds. The minimum absolute atomic E-state index is 0.247. The number of carbonyl (C=O) groups is 1. The van der Waals surface area contributed by atoms with E-state index in [-0.39, 0.29) is 5.92 Å². The summed E-state index contributed by atoms with van der Waals surface area (Å²) in [6.07, 6.45) is 13.0. The van der Waals surface area contributed by atoms with Crippen LogP contribution >= 0.6 is 0 Å². The molecule has 4 nitrogen and oxygen atoms in total. The molecule has 4 rings (SSSR count). The minimum atomic E-state index is 0.247. The van der Waals surface area contributed by atoms with Crippen molar-refractivity contribution in [3.8, 4) is 0 Å². The van der Waals surface area contributed by atoms with Crippen molar-refractivity contribution in [2.24, 2.45) is 5.92 Å². The number of nitrogens with one attached hydrogen (secondary N) is 1. The van der Waals surface area contributed by atoms with Crippen LogP contribution in [0.3, 0.4) is 0 Å². The summed E-state index contributed by atoms with van der Waals surface area (Å²) in [4.78, 5) is 17.8. The van der Waals surface area contributed by atoms with Crippen molar-refractivity contribution in [3.05, 3.63) is 0 Å². The maximum Gasteiger partial charge on any atom is 0.224 e. The molecule has 2 aliphatic heterocycles. The molecule has 1 atom stereocenters. The molecule has 1 N–H and O–H groups in total. The van der Waals surface area contributed by atoms with Crippen molar-refractivity contribution in [1.29, 1.82) is 0 Å². The van der Waals surface area contributed by atoms with Gasteiger partial charge in [0.2, 0.25) is 5.91 Å². The molecule has 2 heterocycles. The first kappa shape index (κ1) is 15.9. The Bertz CT molecular complexity index is 409. The van der Waals surface area contributed by atoms with E-state index in [9.17, 15) is 4.79 Å². The fourth-order valence-corrected chi connectivity index (χ4v) is 4.98. The van der Waals surface area contributed by atoms with Crippen LogP contribution < -0.4 is 5.32 Å². The Kier molecular flexibility index (Phi) is 4.91. The Labute approximate surface area is 141 Å². The van der Waals surface area contributed by atoms with Gasteiger partial charge in [-0.15, -0.1) is 0 Å². The first-order chi connectivity index (χ1) is 11.3. The molecular weight excluding hydrogens is 286 g/mol. The largest absolute Gasteiger partial charge is 0.353 e. The predicted octanol–water partition coefficient (Wildman–Crippen LogP) is 2.38. The number of likely N-dealkylation sites (tertiary alicyclic amines) is 2. The van der Waals surface area contributed by atoms with Crippen molar-refractivity contribution >= 4 is 5.91 Å². The summed E-state index contributed by atoms with van der Waals surface area (Å²) in [5.41, 5.74) is 0. The molecule has 1 unspecified atom stereocenters. The van der Waals surface area contributed by atoms with Crippen LogP contribution in [0.2, 0.25) is 0 Å². The van der Waals surface area contributed by atoms with Gasteiger partial charge in [-0.3, -0.25) is 9.69 Å². The Morgan fingerprint density at radius 2 is 1.43 bits per heavy atom. The molecular formula is C19H33N3O. The topological polar surface area (TPSA) is 35.6 Å². The second-order valence-electron chi connectivity index (χ2n) is 8.32. The van der Waals surface area contributed by atoms with E-state index in [2.05, 4.69) is 15.1 Å². The van der Waals surface area contributed by atoms with Gasteiger partial charge in [-0.2, -0.15) is 0 Å². The Morgan fingerprint density at radius 3 is 2.13 bits per heavy atom. The average Bonchev–Trinajstić information content (AvgIpc) is 3.24. The second-order valence-corrected chi connectivity index (χ2v) is 8.32. The van der Waals surface area contributed by atoms with Gasteiger partial charge in [0.25, 0.3) is 0 Å².